The zero-order chi connectivity index (χ0) is 24.1. The van der Waals surface area contributed by atoms with E-state index >= 15 is 0 Å². The number of thiophene rings is 1. The number of aromatic nitrogens is 3. The number of carbonyl (C=O) groups is 1. The molecule has 0 atom stereocenters. The van der Waals surface area contributed by atoms with Crippen molar-refractivity contribution in [2.24, 2.45) is 0 Å². The first-order valence-corrected chi connectivity index (χ1v) is 11.9. The minimum atomic E-state index is -0.221. The number of amides is 1. The van der Waals surface area contributed by atoms with Crippen molar-refractivity contribution < 1.29 is 13.6 Å². The van der Waals surface area contributed by atoms with Crippen LogP contribution in [-0.4, -0.2) is 38.7 Å². The Morgan fingerprint density at radius 3 is 2.82 bits per heavy atom. The molecular formula is C24H26N6O3S. The molecule has 0 saturated heterocycles. The van der Waals surface area contributed by atoms with E-state index in [1.54, 1.807) is 6.26 Å². The van der Waals surface area contributed by atoms with Gasteiger partial charge in [-0.25, -0.2) is 0 Å². The van der Waals surface area contributed by atoms with Gasteiger partial charge in [-0.15, -0.1) is 21.5 Å². The highest BCUT2D eigenvalue weighted by Crippen LogP contribution is 2.28. The second-order valence-electron chi connectivity index (χ2n) is 7.95. The van der Waals surface area contributed by atoms with Crippen molar-refractivity contribution in [3.63, 3.8) is 0 Å². The third-order valence-corrected chi connectivity index (χ3v) is 6.42. The zero-order valence-electron chi connectivity index (χ0n) is 19.4. The molecule has 0 aliphatic heterocycles. The molecule has 0 aliphatic rings. The molecule has 0 bridgehead atoms. The quantitative estimate of drug-likeness (QED) is 0.355. The first kappa shape index (κ1) is 23.5. The van der Waals surface area contributed by atoms with Gasteiger partial charge in [0.2, 0.25) is 11.8 Å². The van der Waals surface area contributed by atoms with Gasteiger partial charge in [-0.2, -0.15) is 5.26 Å². The van der Waals surface area contributed by atoms with Crippen LogP contribution in [0.15, 0.2) is 44.7 Å². The topological polar surface area (TPSA) is 113 Å². The van der Waals surface area contributed by atoms with Gasteiger partial charge in [-0.3, -0.25) is 9.69 Å². The molecule has 0 saturated carbocycles. The van der Waals surface area contributed by atoms with Crippen LogP contribution in [0.1, 0.15) is 41.8 Å². The van der Waals surface area contributed by atoms with Gasteiger partial charge in [-0.1, -0.05) is 13.0 Å². The molecule has 4 aromatic rings. The van der Waals surface area contributed by atoms with Crippen LogP contribution in [0, 0.1) is 25.2 Å². The molecule has 0 fully saturated rings. The van der Waals surface area contributed by atoms with Crippen LogP contribution in [-0.2, 0) is 17.9 Å². The number of furan rings is 1. The Kier molecular flexibility index (Phi) is 7.25. The largest absolute Gasteiger partial charge is 0.467 e. The molecule has 1 N–H and O–H groups in total. The minimum Gasteiger partial charge on any atom is -0.467 e. The first-order chi connectivity index (χ1) is 16.5. The maximum Gasteiger partial charge on any atom is 0.257 e. The van der Waals surface area contributed by atoms with Crippen LogP contribution in [0.3, 0.4) is 0 Å². The number of hydrogen-bond donors (Lipinski definition) is 1. The lowest BCUT2D eigenvalue weighted by atomic mass is 10.2. The summed E-state index contributed by atoms with van der Waals surface area (Å²) in [5, 5.41) is 22.9. The van der Waals surface area contributed by atoms with Crippen molar-refractivity contribution in [3.05, 3.63) is 64.4 Å². The van der Waals surface area contributed by atoms with E-state index in [0.717, 1.165) is 28.3 Å². The lowest BCUT2D eigenvalue weighted by Crippen LogP contribution is -2.34. The summed E-state index contributed by atoms with van der Waals surface area (Å²) in [6, 6.07) is 9.76. The highest BCUT2D eigenvalue weighted by atomic mass is 32.1. The molecule has 1 amide bonds. The number of rotatable bonds is 10. The summed E-state index contributed by atoms with van der Waals surface area (Å²) in [7, 11) is 0. The van der Waals surface area contributed by atoms with Crippen molar-refractivity contribution in [1.82, 2.24) is 19.7 Å². The molecule has 0 radical (unpaired) electrons. The number of hydrogen-bond acceptors (Lipinski definition) is 8. The van der Waals surface area contributed by atoms with Gasteiger partial charge in [-0.05, 0) is 56.0 Å². The summed E-state index contributed by atoms with van der Waals surface area (Å²) >= 11 is 1.53. The number of carbonyl (C=O) groups excluding carboxylic acids is 1. The maximum atomic E-state index is 13.1. The summed E-state index contributed by atoms with van der Waals surface area (Å²) in [5.74, 6) is 1.93. The Morgan fingerprint density at radius 1 is 1.29 bits per heavy atom. The van der Waals surface area contributed by atoms with Gasteiger partial charge in [0.25, 0.3) is 5.89 Å². The van der Waals surface area contributed by atoms with Crippen molar-refractivity contribution >= 4 is 23.1 Å². The third-order valence-electron chi connectivity index (χ3n) is 5.56. The van der Waals surface area contributed by atoms with Crippen molar-refractivity contribution in [2.75, 3.05) is 18.4 Å². The van der Waals surface area contributed by atoms with Crippen LogP contribution in [0.5, 0.6) is 0 Å². The molecular weight excluding hydrogens is 452 g/mol. The summed E-state index contributed by atoms with van der Waals surface area (Å²) in [4.78, 5) is 15.9. The van der Waals surface area contributed by atoms with Crippen LogP contribution in [0.25, 0.3) is 10.8 Å². The smallest absolute Gasteiger partial charge is 0.257 e. The van der Waals surface area contributed by atoms with Gasteiger partial charge in [0, 0.05) is 5.69 Å². The normalized spacial score (nSPS) is 11.1. The second-order valence-corrected chi connectivity index (χ2v) is 8.90. The van der Waals surface area contributed by atoms with E-state index < -0.39 is 0 Å². The summed E-state index contributed by atoms with van der Waals surface area (Å²) < 4.78 is 13.2. The third kappa shape index (κ3) is 5.11. The van der Waals surface area contributed by atoms with E-state index in [1.807, 2.05) is 59.9 Å². The lowest BCUT2D eigenvalue weighted by molar-refractivity contribution is -0.117. The molecule has 0 unspecified atom stereocenters. The molecule has 0 aromatic carbocycles. The molecule has 4 rings (SSSR count). The van der Waals surface area contributed by atoms with E-state index in [9.17, 15) is 10.1 Å². The van der Waals surface area contributed by atoms with Gasteiger partial charge < -0.3 is 18.7 Å². The molecule has 4 aromatic heterocycles. The SMILES string of the molecule is CCCN(CC(=O)Nc1c(C#N)c(C)c(C)n1Cc1ccco1)Cc1nnc(-c2cccs2)o1. The van der Waals surface area contributed by atoms with Crippen LogP contribution < -0.4 is 5.32 Å². The van der Waals surface area contributed by atoms with Crippen LogP contribution >= 0.6 is 11.3 Å². The highest BCUT2D eigenvalue weighted by molar-refractivity contribution is 7.13. The molecule has 10 heteroatoms. The Balaban J connectivity index is 1.49. The number of nitrogens with one attached hydrogen (secondary N) is 1. The average Bonchev–Trinajstić information content (AvgIpc) is 3.61. The van der Waals surface area contributed by atoms with E-state index in [0.29, 0.717) is 42.8 Å². The Hall–Kier alpha value is -3.68. The van der Waals surface area contributed by atoms with E-state index in [-0.39, 0.29) is 12.5 Å². The molecule has 34 heavy (non-hydrogen) atoms. The zero-order valence-corrected chi connectivity index (χ0v) is 20.2. The van der Waals surface area contributed by atoms with Crippen LogP contribution in [0.4, 0.5) is 5.82 Å². The van der Waals surface area contributed by atoms with E-state index in [4.69, 9.17) is 8.83 Å². The molecule has 176 valence electrons. The molecule has 0 spiro atoms. The number of anilines is 1. The minimum absolute atomic E-state index is 0.124. The van der Waals surface area contributed by atoms with E-state index in [2.05, 4.69) is 21.6 Å². The van der Waals surface area contributed by atoms with Crippen molar-refractivity contribution in [1.29, 1.82) is 5.26 Å². The fourth-order valence-electron chi connectivity index (χ4n) is 3.80. The Labute approximate surface area is 201 Å². The number of nitriles is 1. The number of nitrogens with zero attached hydrogens (tertiary/aromatic N) is 5. The second kappa shape index (κ2) is 10.5. The average molecular weight is 479 g/mol. The van der Waals surface area contributed by atoms with Gasteiger partial charge >= 0.3 is 0 Å². The summed E-state index contributed by atoms with van der Waals surface area (Å²) in [5.41, 5.74) is 2.19. The van der Waals surface area contributed by atoms with E-state index in [1.165, 1.54) is 11.3 Å². The molecule has 4 heterocycles. The summed E-state index contributed by atoms with van der Waals surface area (Å²) in [6.45, 7) is 7.44. The Morgan fingerprint density at radius 2 is 2.15 bits per heavy atom. The first-order valence-electron chi connectivity index (χ1n) is 11.0. The predicted molar refractivity (Wildman–Crippen MR) is 128 cm³/mol. The van der Waals surface area contributed by atoms with Crippen LogP contribution in [0.2, 0.25) is 0 Å². The Bertz CT molecular complexity index is 1280. The van der Waals surface area contributed by atoms with Gasteiger partial charge in [0.05, 0.1) is 36.3 Å². The van der Waals surface area contributed by atoms with Gasteiger partial charge in [0.15, 0.2) is 0 Å². The standard InChI is InChI=1S/C24H26N6O3S/c1-4-9-29(15-22-27-28-24(33-22)20-8-6-11-34-20)14-21(31)26-23-19(12-25)16(2)17(3)30(23)13-18-7-5-10-32-18/h5-8,10-11H,4,9,13-15H2,1-3H3,(H,26,31). The van der Waals surface area contributed by atoms with Gasteiger partial charge in [0.1, 0.15) is 17.6 Å². The fraction of sp³-hybridized carbons (Fsp3) is 0.333. The molecule has 0 aliphatic carbocycles. The monoisotopic (exact) mass is 478 g/mol. The van der Waals surface area contributed by atoms with Crippen molar-refractivity contribution in [2.45, 2.75) is 40.3 Å². The highest BCUT2D eigenvalue weighted by Gasteiger charge is 2.22. The fourth-order valence-corrected chi connectivity index (χ4v) is 4.44. The predicted octanol–water partition coefficient (Wildman–Crippen LogP) is 4.58. The van der Waals surface area contributed by atoms with Crippen molar-refractivity contribution in [3.8, 4) is 16.8 Å². The lowest BCUT2D eigenvalue weighted by Gasteiger charge is -2.20. The molecule has 9 nitrogen and oxygen atoms in total. The summed E-state index contributed by atoms with van der Waals surface area (Å²) in [6.07, 6.45) is 2.46. The maximum absolute atomic E-state index is 13.1.